The van der Waals surface area contributed by atoms with Crippen molar-refractivity contribution in [2.75, 3.05) is 27.4 Å². The zero-order valence-corrected chi connectivity index (χ0v) is 11.3. The van der Waals surface area contributed by atoms with Crippen LogP contribution in [0.3, 0.4) is 0 Å². The Morgan fingerprint density at radius 2 is 2.00 bits per heavy atom. The van der Waals surface area contributed by atoms with Crippen LogP contribution in [0.2, 0.25) is 0 Å². The number of likely N-dealkylation sites (N-methyl/N-ethyl adjacent to an activating group) is 1. The van der Waals surface area contributed by atoms with E-state index in [1.807, 2.05) is 19.0 Å². The van der Waals surface area contributed by atoms with Crippen molar-refractivity contribution in [2.45, 2.75) is 0 Å². The number of hydrogen-bond acceptors (Lipinski definition) is 4. The molecule has 1 aromatic rings. The molecule has 0 fully saturated rings. The predicted molar refractivity (Wildman–Crippen MR) is 71.8 cm³/mol. The zero-order chi connectivity index (χ0) is 12.4. The molecule has 2 rings (SSSR count). The van der Waals surface area contributed by atoms with E-state index in [4.69, 9.17) is 9.47 Å². The van der Waals surface area contributed by atoms with Crippen molar-refractivity contribution in [1.82, 2.24) is 4.90 Å². The van der Waals surface area contributed by atoms with E-state index in [0.29, 0.717) is 29.2 Å². The summed E-state index contributed by atoms with van der Waals surface area (Å²) in [6.07, 6.45) is 0. The van der Waals surface area contributed by atoms with Gasteiger partial charge in [0.1, 0.15) is 0 Å². The number of halogens is 1. The number of ether oxygens (including phenoxy) is 2. The van der Waals surface area contributed by atoms with Crippen LogP contribution in [0, 0.1) is 0 Å². The van der Waals surface area contributed by atoms with E-state index in [-0.39, 0.29) is 25.0 Å². The second kappa shape index (κ2) is 5.89. The molecule has 18 heavy (non-hydrogen) atoms. The summed E-state index contributed by atoms with van der Waals surface area (Å²) in [5, 5.41) is 0. The van der Waals surface area contributed by atoms with Crippen LogP contribution in [-0.2, 0) is 0 Å². The van der Waals surface area contributed by atoms with Gasteiger partial charge < -0.3 is 14.4 Å². The van der Waals surface area contributed by atoms with Gasteiger partial charge >= 0.3 is 0 Å². The zero-order valence-electron chi connectivity index (χ0n) is 10.4. The van der Waals surface area contributed by atoms with Gasteiger partial charge in [-0.1, -0.05) is 6.58 Å². The van der Waals surface area contributed by atoms with Crippen LogP contribution in [0.4, 0.5) is 0 Å². The molecule has 1 aliphatic rings. The second-order valence-corrected chi connectivity index (χ2v) is 4.24. The summed E-state index contributed by atoms with van der Waals surface area (Å²) in [5.74, 6) is 1.24. The fourth-order valence-electron chi connectivity index (χ4n) is 1.70. The van der Waals surface area contributed by atoms with Gasteiger partial charge in [-0.2, -0.15) is 0 Å². The van der Waals surface area contributed by atoms with Gasteiger partial charge in [0.2, 0.25) is 6.79 Å². The number of fused-ring (bicyclic) bond motifs is 1. The van der Waals surface area contributed by atoms with Crippen LogP contribution >= 0.6 is 12.4 Å². The average Bonchev–Trinajstić information content (AvgIpc) is 2.73. The molecule has 5 heteroatoms. The Balaban J connectivity index is 0.00000162. The predicted octanol–water partition coefficient (Wildman–Crippen LogP) is 2.14. The van der Waals surface area contributed by atoms with E-state index in [0.717, 1.165) is 0 Å². The minimum Gasteiger partial charge on any atom is -0.454 e. The fraction of sp³-hybridized carbons (Fsp3) is 0.308. The highest BCUT2D eigenvalue weighted by Gasteiger charge is 2.17. The molecule has 0 radical (unpaired) electrons. The summed E-state index contributed by atoms with van der Waals surface area (Å²) in [6, 6.07) is 5.18. The van der Waals surface area contributed by atoms with Gasteiger partial charge in [0.05, 0.1) is 0 Å². The van der Waals surface area contributed by atoms with E-state index in [9.17, 15) is 4.79 Å². The van der Waals surface area contributed by atoms with Gasteiger partial charge in [-0.3, -0.25) is 4.79 Å². The number of carbonyl (C=O) groups is 1. The monoisotopic (exact) mass is 269 g/mol. The number of Topliss-reactive ketones (excluding diaryl/α,β-unsaturated/α-hetero) is 1. The van der Waals surface area contributed by atoms with Crippen LogP contribution in [0.5, 0.6) is 11.5 Å². The van der Waals surface area contributed by atoms with Crippen molar-refractivity contribution in [3.05, 3.63) is 35.9 Å². The first-order valence-corrected chi connectivity index (χ1v) is 5.35. The van der Waals surface area contributed by atoms with Crippen LogP contribution in [0.1, 0.15) is 10.4 Å². The average molecular weight is 270 g/mol. The van der Waals surface area contributed by atoms with E-state index < -0.39 is 0 Å². The van der Waals surface area contributed by atoms with Gasteiger partial charge in [-0.05, 0) is 32.3 Å². The lowest BCUT2D eigenvalue weighted by Gasteiger charge is -2.11. The first-order valence-electron chi connectivity index (χ1n) is 5.35. The minimum absolute atomic E-state index is 0. The second-order valence-electron chi connectivity index (χ2n) is 4.24. The molecule has 1 aromatic carbocycles. The Labute approximate surface area is 113 Å². The third-order valence-corrected chi connectivity index (χ3v) is 2.46. The summed E-state index contributed by atoms with van der Waals surface area (Å²) in [4.78, 5) is 14.0. The van der Waals surface area contributed by atoms with E-state index in [1.54, 1.807) is 18.2 Å². The Hall–Kier alpha value is -1.52. The molecule has 0 atom stereocenters. The number of rotatable bonds is 4. The van der Waals surface area contributed by atoms with Gasteiger partial charge in [0.15, 0.2) is 17.3 Å². The summed E-state index contributed by atoms with van der Waals surface area (Å²) >= 11 is 0. The largest absolute Gasteiger partial charge is 0.454 e. The Morgan fingerprint density at radius 1 is 1.33 bits per heavy atom. The highest BCUT2D eigenvalue weighted by atomic mass is 35.5. The summed E-state index contributed by atoms with van der Waals surface area (Å²) in [6.45, 7) is 4.56. The number of benzene rings is 1. The molecule has 0 saturated heterocycles. The Morgan fingerprint density at radius 3 is 2.67 bits per heavy atom. The molecule has 0 saturated carbocycles. The van der Waals surface area contributed by atoms with Crippen LogP contribution in [0.25, 0.3) is 0 Å². The summed E-state index contributed by atoms with van der Waals surface area (Å²) in [7, 11) is 3.80. The number of hydrogen-bond donors (Lipinski definition) is 0. The van der Waals surface area contributed by atoms with Crippen molar-refractivity contribution in [3.8, 4) is 11.5 Å². The van der Waals surface area contributed by atoms with Crippen molar-refractivity contribution in [1.29, 1.82) is 0 Å². The maximum Gasteiger partial charge on any atom is 0.231 e. The highest BCUT2D eigenvalue weighted by Crippen LogP contribution is 2.32. The smallest absolute Gasteiger partial charge is 0.231 e. The lowest BCUT2D eigenvalue weighted by atomic mass is 10.0. The number of ketones is 1. The van der Waals surface area contributed by atoms with Crippen LogP contribution < -0.4 is 9.47 Å². The summed E-state index contributed by atoms with van der Waals surface area (Å²) < 4.78 is 10.4. The SMILES string of the molecule is C=C(CN(C)C)C(=O)c1ccc2c(c1)OCO2.Cl. The third-order valence-electron chi connectivity index (χ3n) is 2.46. The van der Waals surface area contributed by atoms with Crippen molar-refractivity contribution in [3.63, 3.8) is 0 Å². The first kappa shape index (κ1) is 14.5. The molecular formula is C13H16ClNO3. The Kier molecular flexibility index (Phi) is 4.76. The van der Waals surface area contributed by atoms with Gasteiger partial charge in [0, 0.05) is 17.7 Å². The molecule has 1 aliphatic heterocycles. The summed E-state index contributed by atoms with van der Waals surface area (Å²) in [5.41, 5.74) is 1.15. The van der Waals surface area contributed by atoms with Crippen molar-refractivity contribution in [2.24, 2.45) is 0 Å². The van der Waals surface area contributed by atoms with Crippen LogP contribution in [0.15, 0.2) is 30.4 Å². The molecule has 0 aliphatic carbocycles. The van der Waals surface area contributed by atoms with Gasteiger partial charge in [-0.15, -0.1) is 12.4 Å². The van der Waals surface area contributed by atoms with Gasteiger partial charge in [-0.25, -0.2) is 0 Å². The Bertz CT molecular complexity index is 471. The number of nitrogens with zero attached hydrogens (tertiary/aromatic N) is 1. The number of carbonyl (C=O) groups excluding carboxylic acids is 1. The van der Waals surface area contributed by atoms with Gasteiger partial charge in [0.25, 0.3) is 0 Å². The first-order chi connectivity index (χ1) is 8.08. The molecule has 1 heterocycles. The molecule has 0 aromatic heterocycles. The molecule has 0 bridgehead atoms. The molecule has 0 unspecified atom stereocenters. The standard InChI is InChI=1S/C13H15NO3.ClH/c1-9(7-14(2)3)13(15)10-4-5-11-12(6-10)17-8-16-11;/h4-6H,1,7-8H2,2-3H3;1H. The molecule has 98 valence electrons. The maximum atomic E-state index is 12.1. The van der Waals surface area contributed by atoms with Crippen LogP contribution in [-0.4, -0.2) is 38.1 Å². The minimum atomic E-state index is -0.0583. The topological polar surface area (TPSA) is 38.8 Å². The van der Waals surface area contributed by atoms with E-state index >= 15 is 0 Å². The maximum absolute atomic E-state index is 12.1. The lowest BCUT2D eigenvalue weighted by Crippen LogP contribution is -2.19. The lowest BCUT2D eigenvalue weighted by molar-refractivity contribution is 0.102. The molecular weight excluding hydrogens is 254 g/mol. The van der Waals surface area contributed by atoms with E-state index in [1.165, 1.54) is 0 Å². The molecule has 0 spiro atoms. The highest BCUT2D eigenvalue weighted by molar-refractivity contribution is 6.08. The quantitative estimate of drug-likeness (QED) is 0.620. The van der Waals surface area contributed by atoms with Crippen molar-refractivity contribution >= 4 is 18.2 Å². The fourth-order valence-corrected chi connectivity index (χ4v) is 1.70. The molecule has 0 N–H and O–H groups in total. The van der Waals surface area contributed by atoms with E-state index in [2.05, 4.69) is 6.58 Å². The molecule has 0 amide bonds. The van der Waals surface area contributed by atoms with Crippen molar-refractivity contribution < 1.29 is 14.3 Å². The normalized spacial score (nSPS) is 12.2. The molecule has 4 nitrogen and oxygen atoms in total. The third kappa shape index (κ3) is 3.03.